The topological polar surface area (TPSA) is 8.17 Å². The molecule has 0 radical (unpaired) electrons. The van der Waals surface area contributed by atoms with E-state index in [4.69, 9.17) is 0 Å². The highest BCUT2D eigenvalue weighted by Crippen LogP contribution is 2.39. The molecule has 1 heterocycles. The van der Waals surface area contributed by atoms with Gasteiger partial charge in [-0.3, -0.25) is 0 Å². The van der Waals surface area contributed by atoms with Crippen LogP contribution in [0.15, 0.2) is 231 Å². The Morgan fingerprint density at radius 1 is 0.268 bits per heavy atom. The molecule has 0 aliphatic carbocycles. The minimum atomic E-state index is 1.10. The van der Waals surface area contributed by atoms with Gasteiger partial charge in [0, 0.05) is 33.5 Å². The molecule has 0 spiro atoms. The van der Waals surface area contributed by atoms with Crippen molar-refractivity contribution in [3.63, 3.8) is 0 Å². The van der Waals surface area contributed by atoms with Gasteiger partial charge in [-0.15, -0.1) is 0 Å². The Balaban J connectivity index is 0.961. The highest BCUT2D eigenvalue weighted by Gasteiger charge is 2.15. The van der Waals surface area contributed by atoms with E-state index in [1.54, 1.807) is 0 Å². The number of rotatable bonds is 8. The molecule has 0 bridgehead atoms. The maximum absolute atomic E-state index is 2.36. The molecule has 0 saturated carbocycles. The molecule has 0 aliphatic rings. The number of hydrogen-bond donors (Lipinski definition) is 0. The third kappa shape index (κ3) is 6.14. The summed E-state index contributed by atoms with van der Waals surface area (Å²) in [5.41, 5.74) is 16.5. The fourth-order valence-electron chi connectivity index (χ4n) is 8.08. The van der Waals surface area contributed by atoms with Crippen molar-refractivity contribution < 1.29 is 0 Å². The van der Waals surface area contributed by atoms with Gasteiger partial charge in [0.25, 0.3) is 0 Å². The van der Waals surface area contributed by atoms with Crippen LogP contribution in [0.25, 0.3) is 72.0 Å². The molecule has 0 aliphatic heterocycles. The lowest BCUT2D eigenvalue weighted by atomic mass is 9.91. The average molecular weight is 715 g/mol. The minimum Gasteiger partial charge on any atom is -0.311 e. The van der Waals surface area contributed by atoms with Crippen molar-refractivity contribution in [2.45, 2.75) is 0 Å². The molecule has 2 nitrogen and oxygen atoms in total. The number of benzene rings is 9. The predicted molar refractivity (Wildman–Crippen MR) is 237 cm³/mol. The Bertz CT molecular complexity index is 2860. The Morgan fingerprint density at radius 2 is 0.661 bits per heavy atom. The molecule has 0 N–H and O–H groups in total. The minimum absolute atomic E-state index is 1.10. The van der Waals surface area contributed by atoms with Gasteiger partial charge in [0.05, 0.1) is 11.0 Å². The molecule has 1 aromatic heterocycles. The summed E-state index contributed by atoms with van der Waals surface area (Å²) in [5.74, 6) is 0. The molecule has 2 heteroatoms. The first-order valence-corrected chi connectivity index (χ1v) is 19.2. The summed E-state index contributed by atoms with van der Waals surface area (Å²) in [6, 6.07) is 82.9. The van der Waals surface area contributed by atoms with Crippen LogP contribution < -0.4 is 4.90 Å². The summed E-state index contributed by atoms with van der Waals surface area (Å²) in [6.45, 7) is 0. The van der Waals surface area contributed by atoms with Crippen molar-refractivity contribution in [2.75, 3.05) is 4.90 Å². The Morgan fingerprint density at radius 3 is 1.20 bits per heavy atom. The van der Waals surface area contributed by atoms with Crippen LogP contribution in [0.1, 0.15) is 0 Å². The van der Waals surface area contributed by atoms with Crippen molar-refractivity contribution >= 4 is 38.9 Å². The summed E-state index contributed by atoms with van der Waals surface area (Å²) < 4.78 is 2.36. The van der Waals surface area contributed by atoms with Gasteiger partial charge in [-0.05, 0) is 111 Å². The Kier molecular flexibility index (Phi) is 8.55. The lowest BCUT2D eigenvalue weighted by molar-refractivity contribution is 1.18. The van der Waals surface area contributed by atoms with Gasteiger partial charge in [0.2, 0.25) is 0 Å². The largest absolute Gasteiger partial charge is 0.311 e. The summed E-state index contributed by atoms with van der Waals surface area (Å²) >= 11 is 0. The molecule has 0 fully saturated rings. The normalized spacial score (nSPS) is 11.2. The fourth-order valence-corrected chi connectivity index (χ4v) is 8.08. The fraction of sp³-hybridized carbons (Fsp3) is 0. The van der Waals surface area contributed by atoms with Crippen molar-refractivity contribution in [3.8, 4) is 50.2 Å². The average Bonchev–Trinajstić information content (AvgIpc) is 3.62. The SMILES string of the molecule is c1ccc(-c2ccc(-c3ccc(N(c4ccccc4)c4ccc(-c5ccc(-n6c7ccccc7c7ccccc76)cc5)cc4)cc3)cc2-c2ccccc2)cc1. The molecule has 10 rings (SSSR count). The number of hydrogen-bond acceptors (Lipinski definition) is 1. The van der Waals surface area contributed by atoms with Crippen molar-refractivity contribution in [1.82, 2.24) is 4.57 Å². The monoisotopic (exact) mass is 714 g/mol. The van der Waals surface area contributed by atoms with E-state index >= 15 is 0 Å². The highest BCUT2D eigenvalue weighted by atomic mass is 15.1. The first-order valence-electron chi connectivity index (χ1n) is 19.2. The van der Waals surface area contributed by atoms with E-state index in [9.17, 15) is 0 Å². The van der Waals surface area contributed by atoms with Gasteiger partial charge in [0.1, 0.15) is 0 Å². The van der Waals surface area contributed by atoms with Crippen LogP contribution in [-0.2, 0) is 0 Å². The molecular formula is C54H38N2. The van der Waals surface area contributed by atoms with Crippen molar-refractivity contribution in [2.24, 2.45) is 0 Å². The van der Waals surface area contributed by atoms with Crippen LogP contribution in [-0.4, -0.2) is 4.57 Å². The zero-order valence-corrected chi connectivity index (χ0v) is 30.8. The van der Waals surface area contributed by atoms with E-state index in [1.165, 1.54) is 66.3 Å². The first kappa shape index (κ1) is 33.2. The standard InChI is InChI=1S/C54H38N2/c1-4-14-42(15-5-1)49-37-30-44(38-52(49)43-16-6-2-7-17-43)41-28-33-47(34-29-41)55(45-18-8-3-9-19-45)46-31-24-39(25-32-46)40-26-35-48(36-27-40)56-53-22-12-10-20-50(53)51-21-11-13-23-54(51)56/h1-38H. The number of para-hydroxylation sites is 3. The zero-order chi connectivity index (χ0) is 37.3. The first-order chi connectivity index (χ1) is 27.8. The van der Waals surface area contributed by atoms with E-state index in [0.29, 0.717) is 0 Å². The quantitative estimate of drug-likeness (QED) is 0.152. The number of anilines is 3. The summed E-state index contributed by atoms with van der Waals surface area (Å²) in [7, 11) is 0. The Hall–Kier alpha value is -7.42. The predicted octanol–water partition coefficient (Wildman–Crippen LogP) is 14.9. The molecule has 0 amide bonds. The molecule has 264 valence electrons. The third-order valence-electron chi connectivity index (χ3n) is 10.8. The molecule has 0 atom stereocenters. The molecule has 10 aromatic rings. The van der Waals surface area contributed by atoms with E-state index in [-0.39, 0.29) is 0 Å². The van der Waals surface area contributed by atoms with Crippen LogP contribution in [0.4, 0.5) is 17.1 Å². The molecule has 9 aromatic carbocycles. The highest BCUT2D eigenvalue weighted by molar-refractivity contribution is 6.09. The molecule has 0 unspecified atom stereocenters. The van der Waals surface area contributed by atoms with Crippen molar-refractivity contribution in [1.29, 1.82) is 0 Å². The number of aromatic nitrogens is 1. The van der Waals surface area contributed by atoms with Gasteiger partial charge < -0.3 is 9.47 Å². The van der Waals surface area contributed by atoms with Crippen LogP contribution in [0, 0.1) is 0 Å². The van der Waals surface area contributed by atoms with Gasteiger partial charge in [-0.25, -0.2) is 0 Å². The molecule has 56 heavy (non-hydrogen) atoms. The lowest BCUT2D eigenvalue weighted by Gasteiger charge is -2.26. The maximum atomic E-state index is 2.36. The maximum Gasteiger partial charge on any atom is 0.0541 e. The molecular weight excluding hydrogens is 677 g/mol. The zero-order valence-electron chi connectivity index (χ0n) is 30.8. The summed E-state index contributed by atoms with van der Waals surface area (Å²) in [4.78, 5) is 2.33. The second-order valence-corrected chi connectivity index (χ2v) is 14.2. The molecule has 0 saturated heterocycles. The van der Waals surface area contributed by atoms with Gasteiger partial charge in [-0.1, -0.05) is 164 Å². The van der Waals surface area contributed by atoms with Gasteiger partial charge in [-0.2, -0.15) is 0 Å². The van der Waals surface area contributed by atoms with Gasteiger partial charge in [0.15, 0.2) is 0 Å². The summed E-state index contributed by atoms with van der Waals surface area (Å²) in [6.07, 6.45) is 0. The summed E-state index contributed by atoms with van der Waals surface area (Å²) in [5, 5.41) is 2.55. The van der Waals surface area contributed by atoms with Crippen molar-refractivity contribution in [3.05, 3.63) is 231 Å². The third-order valence-corrected chi connectivity index (χ3v) is 10.8. The van der Waals surface area contributed by atoms with E-state index < -0.39 is 0 Å². The van der Waals surface area contributed by atoms with Crippen LogP contribution in [0.3, 0.4) is 0 Å². The van der Waals surface area contributed by atoms with Crippen LogP contribution in [0.5, 0.6) is 0 Å². The number of nitrogens with zero attached hydrogens (tertiary/aromatic N) is 2. The number of fused-ring (bicyclic) bond motifs is 3. The Labute approximate surface area is 327 Å². The van der Waals surface area contributed by atoms with Crippen LogP contribution >= 0.6 is 0 Å². The van der Waals surface area contributed by atoms with Crippen LogP contribution in [0.2, 0.25) is 0 Å². The van der Waals surface area contributed by atoms with E-state index in [2.05, 4.69) is 240 Å². The van der Waals surface area contributed by atoms with E-state index in [1.807, 2.05) is 0 Å². The second-order valence-electron chi connectivity index (χ2n) is 14.2. The smallest absolute Gasteiger partial charge is 0.0541 e. The van der Waals surface area contributed by atoms with Gasteiger partial charge >= 0.3 is 0 Å². The second kappa shape index (κ2) is 14.4. The van der Waals surface area contributed by atoms with E-state index in [0.717, 1.165) is 22.7 Å². The lowest BCUT2D eigenvalue weighted by Crippen LogP contribution is -2.09.